The molecule has 0 saturated carbocycles. The standard InChI is InChI=1S/2C10H7.C3H6.2ClH.Hf/c2*1-2-5-9-7-4-8-10(9)6-3-1;1-3-2;;;/h2*1-7H;1-2H3;2*1H;/q;;;;;+2/p-2. The fraction of sp³-hybridized carbons (Fsp3) is 0.0870. The van der Waals surface area contributed by atoms with Crippen LogP contribution in [-0.2, 0) is 21.0 Å². The van der Waals surface area contributed by atoms with Crippen LogP contribution in [0.5, 0.6) is 0 Å². The molecule has 0 aromatic rings. The summed E-state index contributed by atoms with van der Waals surface area (Å²) in [7, 11) is 0. The SMILES string of the molecule is C[C](C)=[Hf+2]([c]1ccc2cccccc1-2)[c]1ccc2cccccc1-2.[Cl-].[Cl-]. The predicted octanol–water partition coefficient (Wildman–Crippen LogP) is -1.31. The van der Waals surface area contributed by atoms with Crippen LogP contribution in [0.3, 0.4) is 0 Å². The fourth-order valence-electron chi connectivity index (χ4n) is 3.55. The van der Waals surface area contributed by atoms with Crippen molar-refractivity contribution in [2.75, 3.05) is 0 Å². The van der Waals surface area contributed by atoms with Crippen molar-refractivity contribution in [1.29, 1.82) is 0 Å². The van der Waals surface area contributed by atoms with Crippen molar-refractivity contribution in [3.05, 3.63) is 84.9 Å². The number of fused-ring (bicyclic) bond motifs is 2. The van der Waals surface area contributed by atoms with Crippen LogP contribution in [0, 0.1) is 0 Å². The zero-order valence-corrected chi connectivity index (χ0v) is 19.9. The van der Waals surface area contributed by atoms with Gasteiger partial charge in [-0.3, -0.25) is 0 Å². The van der Waals surface area contributed by atoms with E-state index in [-0.39, 0.29) is 24.8 Å². The summed E-state index contributed by atoms with van der Waals surface area (Å²) in [5.41, 5.74) is 5.61. The third-order valence-electron chi connectivity index (χ3n) is 4.62. The second-order valence-electron chi connectivity index (χ2n) is 6.43. The van der Waals surface area contributed by atoms with Gasteiger partial charge in [-0.15, -0.1) is 0 Å². The van der Waals surface area contributed by atoms with Crippen molar-refractivity contribution < 1.29 is 45.8 Å². The molecule has 0 heterocycles. The Morgan fingerprint density at radius 2 is 0.962 bits per heavy atom. The second-order valence-corrected chi connectivity index (χ2v) is 16.6. The van der Waals surface area contributed by atoms with Gasteiger partial charge in [-0.05, 0) is 0 Å². The maximum Gasteiger partial charge on any atom is -1.00 e. The van der Waals surface area contributed by atoms with Crippen molar-refractivity contribution >= 4 is 9.90 Å². The topological polar surface area (TPSA) is 0 Å². The maximum absolute atomic E-state index is 2.39. The smallest absolute Gasteiger partial charge is 1.00 e. The van der Waals surface area contributed by atoms with E-state index < -0.39 is 21.0 Å². The van der Waals surface area contributed by atoms with Crippen molar-refractivity contribution in [3.8, 4) is 22.3 Å². The first-order valence-electron chi connectivity index (χ1n) is 8.39. The van der Waals surface area contributed by atoms with Gasteiger partial charge in [0.25, 0.3) is 0 Å². The van der Waals surface area contributed by atoms with E-state index in [4.69, 9.17) is 0 Å². The average Bonchev–Trinajstić information content (AvgIpc) is 2.94. The molecule has 0 amide bonds. The summed E-state index contributed by atoms with van der Waals surface area (Å²) in [5.74, 6) is 0. The van der Waals surface area contributed by atoms with Crippen molar-refractivity contribution in [2.24, 2.45) is 0 Å². The molecule has 0 atom stereocenters. The molecule has 0 aromatic carbocycles. The fourth-order valence-corrected chi connectivity index (χ4v) is 13.8. The molecule has 4 rings (SSSR count). The van der Waals surface area contributed by atoms with E-state index in [9.17, 15) is 0 Å². The summed E-state index contributed by atoms with van der Waals surface area (Å²) in [6, 6.07) is 31.3. The van der Waals surface area contributed by atoms with Crippen LogP contribution in [0.2, 0.25) is 0 Å². The third kappa shape index (κ3) is 3.86. The Hall–Kier alpha value is -1.28. The molecule has 0 nitrogen and oxygen atoms in total. The van der Waals surface area contributed by atoms with Crippen molar-refractivity contribution in [1.82, 2.24) is 0 Å². The molecular formula is C23H20Cl2Hf. The first-order valence-corrected chi connectivity index (χ1v) is 13.8. The van der Waals surface area contributed by atoms with E-state index >= 15 is 0 Å². The number of rotatable bonds is 2. The minimum Gasteiger partial charge on any atom is -1.00 e. The number of halogens is 2. The molecule has 0 fully saturated rings. The van der Waals surface area contributed by atoms with E-state index in [0.717, 1.165) is 0 Å². The molecule has 0 N–H and O–H groups in total. The summed E-state index contributed by atoms with van der Waals surface area (Å²) < 4.78 is 4.87. The summed E-state index contributed by atoms with van der Waals surface area (Å²) in [5, 5.41) is 0. The predicted molar refractivity (Wildman–Crippen MR) is 102 cm³/mol. The Bertz CT molecular complexity index is 912. The molecule has 0 spiro atoms. The second kappa shape index (κ2) is 9.08. The third-order valence-corrected chi connectivity index (χ3v) is 15.2. The molecule has 0 aromatic heterocycles. The zero-order chi connectivity index (χ0) is 16.5. The monoisotopic (exact) mass is 546 g/mol. The summed E-state index contributed by atoms with van der Waals surface area (Å²) in [6.45, 7) is 4.68. The maximum atomic E-state index is 2.39. The first-order chi connectivity index (χ1) is 11.8. The molecular weight excluding hydrogens is 526 g/mol. The summed E-state index contributed by atoms with van der Waals surface area (Å²) in [6.07, 6.45) is 0. The normalized spacial score (nSPS) is 9.73. The van der Waals surface area contributed by atoms with E-state index in [1.165, 1.54) is 22.3 Å². The minimum atomic E-state index is -2.29. The Balaban J connectivity index is 0.00000121. The first kappa shape index (κ1) is 21.0. The molecule has 130 valence electrons. The summed E-state index contributed by atoms with van der Waals surface area (Å²) in [4.78, 5) is 0. The van der Waals surface area contributed by atoms with Gasteiger partial charge in [0, 0.05) is 0 Å². The molecule has 3 heteroatoms. The van der Waals surface area contributed by atoms with Gasteiger partial charge in [-0.1, -0.05) is 0 Å². The molecule has 0 unspecified atom stereocenters. The van der Waals surface area contributed by atoms with Gasteiger partial charge in [0.15, 0.2) is 0 Å². The zero-order valence-electron chi connectivity index (χ0n) is 14.8. The Morgan fingerprint density at radius 3 is 1.38 bits per heavy atom. The quantitative estimate of drug-likeness (QED) is 0.275. The number of hydrogen-bond donors (Lipinski definition) is 0. The molecule has 4 aliphatic carbocycles. The van der Waals surface area contributed by atoms with Crippen molar-refractivity contribution in [3.63, 3.8) is 0 Å². The molecule has 4 aliphatic rings. The van der Waals surface area contributed by atoms with Crippen LogP contribution in [-0.4, -0.2) is 3.26 Å². The van der Waals surface area contributed by atoms with Crippen LogP contribution in [0.1, 0.15) is 13.8 Å². The van der Waals surface area contributed by atoms with Gasteiger partial charge in [0.1, 0.15) is 0 Å². The molecule has 0 aliphatic heterocycles. The van der Waals surface area contributed by atoms with Crippen LogP contribution >= 0.6 is 0 Å². The van der Waals surface area contributed by atoms with Crippen LogP contribution in [0.15, 0.2) is 84.9 Å². The molecule has 0 saturated heterocycles. The van der Waals surface area contributed by atoms with Crippen LogP contribution in [0.25, 0.3) is 22.3 Å². The van der Waals surface area contributed by atoms with E-state index in [1.54, 1.807) is 9.90 Å². The van der Waals surface area contributed by atoms with Gasteiger partial charge in [-0.25, -0.2) is 0 Å². The summed E-state index contributed by atoms with van der Waals surface area (Å²) >= 11 is -2.29. The van der Waals surface area contributed by atoms with E-state index in [1.807, 2.05) is 0 Å². The van der Waals surface area contributed by atoms with Gasteiger partial charge < -0.3 is 24.8 Å². The van der Waals surface area contributed by atoms with Gasteiger partial charge in [0.2, 0.25) is 0 Å². The van der Waals surface area contributed by atoms with E-state index in [2.05, 4.69) is 98.8 Å². The van der Waals surface area contributed by atoms with Gasteiger partial charge in [-0.2, -0.15) is 0 Å². The molecule has 0 radical (unpaired) electrons. The largest absolute Gasteiger partial charge is 1.00 e. The number of hydrogen-bond acceptors (Lipinski definition) is 0. The van der Waals surface area contributed by atoms with Crippen LogP contribution in [0.4, 0.5) is 0 Å². The van der Waals surface area contributed by atoms with E-state index in [0.29, 0.717) is 0 Å². The van der Waals surface area contributed by atoms with Crippen LogP contribution < -0.4 is 31.5 Å². The molecule has 0 bridgehead atoms. The molecule has 26 heavy (non-hydrogen) atoms. The van der Waals surface area contributed by atoms with Gasteiger partial charge in [0.05, 0.1) is 0 Å². The van der Waals surface area contributed by atoms with Gasteiger partial charge >= 0.3 is 152 Å². The van der Waals surface area contributed by atoms with Crippen molar-refractivity contribution in [2.45, 2.75) is 13.8 Å². The Labute approximate surface area is 175 Å². The Morgan fingerprint density at radius 1 is 0.538 bits per heavy atom. The average molecular weight is 546 g/mol. The Kier molecular flexibility index (Phi) is 7.34. The minimum absolute atomic E-state index is 0.